The molecule has 1 aliphatic carbocycles. The summed E-state index contributed by atoms with van der Waals surface area (Å²) in [6.07, 6.45) is 1.86. The highest BCUT2D eigenvalue weighted by Gasteiger charge is 2.44. The number of ether oxygens (including phenoxy) is 1. The summed E-state index contributed by atoms with van der Waals surface area (Å²) >= 11 is 0. The molecule has 2 heteroatoms. The molecule has 0 aromatic heterocycles. The van der Waals surface area contributed by atoms with Crippen molar-refractivity contribution < 1.29 is 4.74 Å². The van der Waals surface area contributed by atoms with E-state index in [1.54, 1.807) is 0 Å². The first-order valence-electron chi connectivity index (χ1n) is 16.6. The topological polar surface area (TPSA) is 9.23 Å². The quantitative estimate of drug-likeness (QED) is 0.121. The van der Waals surface area contributed by atoms with Crippen LogP contribution in [-0.4, -0.2) is 14.7 Å². The molecule has 0 amide bonds. The molecular formula is C45H42OSi. The summed E-state index contributed by atoms with van der Waals surface area (Å²) in [6, 6.07) is 47.4. The second kappa shape index (κ2) is 12.4. The molecule has 0 N–H and O–H groups in total. The van der Waals surface area contributed by atoms with Crippen molar-refractivity contribution in [3.05, 3.63) is 168 Å². The molecule has 6 aromatic rings. The van der Waals surface area contributed by atoms with Gasteiger partial charge in [-0.2, -0.15) is 0 Å². The lowest BCUT2D eigenvalue weighted by atomic mass is 9.97. The summed E-state index contributed by atoms with van der Waals surface area (Å²) in [6.45, 7) is 16.1. The Bertz CT molecular complexity index is 2030. The van der Waals surface area contributed by atoms with E-state index < -0.39 is 8.07 Å². The molecule has 0 saturated heterocycles. The van der Waals surface area contributed by atoms with Gasteiger partial charge in [-0.25, -0.2) is 0 Å². The smallest absolute Gasteiger partial charge is 0.126 e. The minimum Gasteiger partial charge on any atom is -0.489 e. The van der Waals surface area contributed by atoms with Gasteiger partial charge in [0.25, 0.3) is 0 Å². The Kier molecular flexibility index (Phi) is 8.07. The predicted octanol–water partition coefficient (Wildman–Crippen LogP) is 11.4. The van der Waals surface area contributed by atoms with E-state index in [9.17, 15) is 0 Å². The fourth-order valence-corrected chi connectivity index (χ4v) is 11.3. The minimum absolute atomic E-state index is 0.235. The lowest BCUT2D eigenvalue weighted by Gasteiger charge is -2.34. The van der Waals surface area contributed by atoms with Gasteiger partial charge in [-0.15, -0.1) is 0 Å². The number of hydrogen-bond acceptors (Lipinski definition) is 1. The first kappa shape index (κ1) is 30.7. The fourth-order valence-electron chi connectivity index (χ4n) is 7.58. The van der Waals surface area contributed by atoms with Gasteiger partial charge in [0.1, 0.15) is 12.4 Å². The average Bonchev–Trinajstić information content (AvgIpc) is 3.41. The summed E-state index contributed by atoms with van der Waals surface area (Å²) in [5.74, 6) is 0.998. The van der Waals surface area contributed by atoms with Crippen molar-refractivity contribution in [2.45, 2.75) is 39.4 Å². The van der Waals surface area contributed by atoms with Gasteiger partial charge >= 0.3 is 0 Å². The molecule has 1 nitrogen and oxygen atoms in total. The van der Waals surface area contributed by atoms with Crippen molar-refractivity contribution in [3.8, 4) is 50.3 Å². The second-order valence-electron chi connectivity index (χ2n) is 13.7. The van der Waals surface area contributed by atoms with Crippen LogP contribution in [0, 0.1) is 20.8 Å². The van der Waals surface area contributed by atoms with Crippen molar-refractivity contribution in [1.29, 1.82) is 0 Å². The van der Waals surface area contributed by atoms with Crippen molar-refractivity contribution in [2.75, 3.05) is 6.61 Å². The highest BCUT2D eigenvalue weighted by Crippen LogP contribution is 2.51. The van der Waals surface area contributed by atoms with E-state index in [1.807, 2.05) is 6.08 Å². The van der Waals surface area contributed by atoms with Crippen LogP contribution in [0.5, 0.6) is 5.75 Å². The zero-order chi connectivity index (χ0) is 32.7. The van der Waals surface area contributed by atoms with E-state index in [2.05, 4.69) is 168 Å². The third kappa shape index (κ3) is 5.68. The molecule has 0 bridgehead atoms. The highest BCUT2D eigenvalue weighted by atomic mass is 28.3. The van der Waals surface area contributed by atoms with E-state index in [0.29, 0.717) is 6.61 Å². The summed E-state index contributed by atoms with van der Waals surface area (Å²) in [5.41, 5.74) is 17.0. The maximum Gasteiger partial charge on any atom is 0.126 e. The van der Waals surface area contributed by atoms with Crippen LogP contribution in [0.25, 0.3) is 44.5 Å². The number of rotatable bonds is 8. The van der Waals surface area contributed by atoms with E-state index in [1.165, 1.54) is 71.9 Å². The fraction of sp³-hybridized carbons (Fsp3) is 0.156. The predicted molar refractivity (Wildman–Crippen MR) is 203 cm³/mol. The minimum atomic E-state index is -2.37. The summed E-state index contributed by atoms with van der Waals surface area (Å²) in [4.78, 5) is 0. The SMILES string of the molecule is C=CCOc1c(-c2ccccc2)cc(C)cc1[Si](C)(C)C1c2cc(-c3cccc(C)c3)ccc2-c2ccc(-c3cccc(C)c3)cc21. The Balaban J connectivity index is 1.48. The van der Waals surface area contributed by atoms with E-state index in [4.69, 9.17) is 4.74 Å². The van der Waals surface area contributed by atoms with Crippen molar-refractivity contribution in [2.24, 2.45) is 0 Å². The molecule has 0 atom stereocenters. The maximum atomic E-state index is 6.68. The molecule has 232 valence electrons. The van der Waals surface area contributed by atoms with Gasteiger partial charge in [-0.1, -0.05) is 164 Å². The number of fused-ring (bicyclic) bond motifs is 3. The first-order valence-corrected chi connectivity index (χ1v) is 19.7. The molecule has 0 spiro atoms. The first-order chi connectivity index (χ1) is 22.7. The van der Waals surface area contributed by atoms with Crippen molar-refractivity contribution in [3.63, 3.8) is 0 Å². The Hall–Kier alpha value is -4.92. The molecular weight excluding hydrogens is 585 g/mol. The molecule has 7 rings (SSSR count). The van der Waals surface area contributed by atoms with Gasteiger partial charge in [0.2, 0.25) is 0 Å². The molecule has 0 fully saturated rings. The van der Waals surface area contributed by atoms with Gasteiger partial charge in [0.05, 0.1) is 8.07 Å². The van der Waals surface area contributed by atoms with Gasteiger partial charge in [-0.05, 0) is 82.1 Å². The molecule has 0 radical (unpaired) electrons. The zero-order valence-electron chi connectivity index (χ0n) is 28.1. The second-order valence-corrected chi connectivity index (χ2v) is 18.2. The molecule has 0 heterocycles. The number of hydrogen-bond donors (Lipinski definition) is 0. The Labute approximate surface area is 281 Å². The monoisotopic (exact) mass is 626 g/mol. The summed E-state index contributed by atoms with van der Waals surface area (Å²) in [5, 5.41) is 1.35. The standard InChI is InChI=1S/C45H42OSi/c1-7-23-46-44-40(33-15-9-8-10-16-33)26-32(4)27-43(44)47(5,6)45-41-28-36(34-17-11-13-30(2)24-34)19-21-38(41)39-22-20-37(29-42(39)45)35-18-12-14-31(3)25-35/h7-22,24-29,45H,1,23H2,2-6H3. The van der Waals surface area contributed by atoms with E-state index in [-0.39, 0.29) is 5.54 Å². The van der Waals surface area contributed by atoms with Crippen LogP contribution in [0.3, 0.4) is 0 Å². The molecule has 0 saturated carbocycles. The van der Waals surface area contributed by atoms with Crippen LogP contribution in [-0.2, 0) is 0 Å². The highest BCUT2D eigenvalue weighted by molar-refractivity contribution is 6.92. The van der Waals surface area contributed by atoms with Gasteiger partial charge in [0, 0.05) is 11.1 Å². The zero-order valence-corrected chi connectivity index (χ0v) is 29.1. The van der Waals surface area contributed by atoms with Crippen LogP contribution in [0.15, 0.2) is 140 Å². The van der Waals surface area contributed by atoms with Crippen LogP contribution < -0.4 is 9.92 Å². The van der Waals surface area contributed by atoms with Gasteiger partial charge in [0.15, 0.2) is 0 Å². The van der Waals surface area contributed by atoms with E-state index >= 15 is 0 Å². The lowest BCUT2D eigenvalue weighted by molar-refractivity contribution is 0.367. The third-order valence-electron chi connectivity index (χ3n) is 9.80. The Morgan fingerprint density at radius 2 is 1.09 bits per heavy atom. The molecule has 0 unspecified atom stereocenters. The Morgan fingerprint density at radius 1 is 0.553 bits per heavy atom. The summed E-state index contributed by atoms with van der Waals surface area (Å²) in [7, 11) is -2.37. The largest absolute Gasteiger partial charge is 0.489 e. The van der Waals surface area contributed by atoms with Crippen LogP contribution in [0.2, 0.25) is 13.1 Å². The van der Waals surface area contributed by atoms with Crippen molar-refractivity contribution in [1.82, 2.24) is 0 Å². The van der Waals surface area contributed by atoms with Crippen LogP contribution in [0.4, 0.5) is 0 Å². The normalized spacial score (nSPS) is 12.4. The van der Waals surface area contributed by atoms with Crippen LogP contribution in [0.1, 0.15) is 33.4 Å². The molecule has 47 heavy (non-hydrogen) atoms. The molecule has 1 aliphatic rings. The number of aryl methyl sites for hydroxylation is 3. The van der Waals surface area contributed by atoms with Crippen molar-refractivity contribution >= 4 is 13.3 Å². The van der Waals surface area contributed by atoms with Crippen LogP contribution >= 0.6 is 0 Å². The maximum absolute atomic E-state index is 6.68. The third-order valence-corrected chi connectivity index (χ3v) is 13.6. The Morgan fingerprint density at radius 3 is 1.62 bits per heavy atom. The number of benzene rings is 6. The molecule has 6 aromatic carbocycles. The lowest BCUT2D eigenvalue weighted by Crippen LogP contribution is -2.48. The molecule has 0 aliphatic heterocycles. The van der Waals surface area contributed by atoms with E-state index in [0.717, 1.165) is 11.3 Å². The van der Waals surface area contributed by atoms with Gasteiger partial charge < -0.3 is 4.74 Å². The summed E-state index contributed by atoms with van der Waals surface area (Å²) < 4.78 is 6.68. The van der Waals surface area contributed by atoms with Gasteiger partial charge in [-0.3, -0.25) is 0 Å². The average molecular weight is 627 g/mol.